The average molecular weight is 216 g/mol. The lowest BCUT2D eigenvalue weighted by atomic mass is 10.2. The summed E-state index contributed by atoms with van der Waals surface area (Å²) in [5, 5.41) is 2.16. The molecule has 0 saturated carbocycles. The molecule has 0 radical (unpaired) electrons. The molecule has 0 spiro atoms. The minimum atomic E-state index is 0.689. The Morgan fingerprint density at radius 2 is 1.94 bits per heavy atom. The number of nitrogens with zero attached hydrogens (tertiary/aromatic N) is 1. The number of hydrazine groups is 1. The van der Waals surface area contributed by atoms with Gasteiger partial charge in [0.25, 0.3) is 0 Å². The van der Waals surface area contributed by atoms with Crippen molar-refractivity contribution in [1.82, 2.24) is 10.4 Å². The van der Waals surface area contributed by atoms with Crippen molar-refractivity contribution in [3.63, 3.8) is 0 Å². The van der Waals surface area contributed by atoms with Crippen LogP contribution in [-0.2, 0) is 4.74 Å². The maximum Gasteiger partial charge on any atom is 0.0718 e. The molecule has 3 heteroatoms. The molecule has 1 aliphatic heterocycles. The summed E-state index contributed by atoms with van der Waals surface area (Å²) in [6, 6.07) is 10.0. The van der Waals surface area contributed by atoms with Crippen LogP contribution in [0.4, 0.5) is 0 Å². The highest BCUT2D eigenvalue weighted by molar-refractivity contribution is 5.33. The van der Waals surface area contributed by atoms with Gasteiger partial charge < -0.3 is 4.74 Å². The van der Waals surface area contributed by atoms with Crippen LogP contribution >= 0.6 is 0 Å². The lowest BCUT2D eigenvalue weighted by molar-refractivity contribution is 0.0147. The predicted octanol–water partition coefficient (Wildman–Crippen LogP) is 0.875. The van der Waals surface area contributed by atoms with Crippen LogP contribution in [0.15, 0.2) is 30.3 Å². The van der Waals surface area contributed by atoms with Gasteiger partial charge in [0.15, 0.2) is 0 Å². The van der Waals surface area contributed by atoms with Crippen molar-refractivity contribution < 1.29 is 4.74 Å². The fourth-order valence-electron chi connectivity index (χ4n) is 1.54. The minimum absolute atomic E-state index is 0.689. The van der Waals surface area contributed by atoms with E-state index in [1.54, 1.807) is 0 Å². The maximum atomic E-state index is 5.26. The van der Waals surface area contributed by atoms with Gasteiger partial charge in [0.2, 0.25) is 0 Å². The second kappa shape index (κ2) is 6.29. The van der Waals surface area contributed by atoms with E-state index in [4.69, 9.17) is 4.74 Å². The Hall–Kier alpha value is -1.34. The Morgan fingerprint density at radius 1 is 1.19 bits per heavy atom. The number of ether oxygens (including phenoxy) is 1. The van der Waals surface area contributed by atoms with Gasteiger partial charge in [-0.05, 0) is 12.1 Å². The van der Waals surface area contributed by atoms with Crippen LogP contribution in [0.3, 0.4) is 0 Å². The number of benzene rings is 1. The van der Waals surface area contributed by atoms with Crippen molar-refractivity contribution in [2.45, 2.75) is 0 Å². The molecule has 2 rings (SSSR count). The smallest absolute Gasteiger partial charge is 0.0718 e. The monoisotopic (exact) mass is 216 g/mol. The highest BCUT2D eigenvalue weighted by Crippen LogP contribution is 1.94. The average Bonchev–Trinajstić information content (AvgIpc) is 2.37. The molecule has 1 fully saturated rings. The van der Waals surface area contributed by atoms with Crippen molar-refractivity contribution in [3.05, 3.63) is 35.9 Å². The first-order valence-electron chi connectivity index (χ1n) is 5.55. The summed E-state index contributed by atoms with van der Waals surface area (Å²) in [7, 11) is 0. The van der Waals surface area contributed by atoms with Crippen LogP contribution < -0.4 is 5.43 Å². The van der Waals surface area contributed by atoms with E-state index in [9.17, 15) is 0 Å². The van der Waals surface area contributed by atoms with Gasteiger partial charge in [0.05, 0.1) is 19.8 Å². The zero-order chi connectivity index (χ0) is 11.1. The molecule has 0 unspecified atom stereocenters. The summed E-state index contributed by atoms with van der Waals surface area (Å²) in [6.45, 7) is 4.17. The molecule has 1 saturated heterocycles. The minimum Gasteiger partial charge on any atom is -0.379 e. The fraction of sp³-hybridized carbons (Fsp3) is 0.385. The summed E-state index contributed by atoms with van der Waals surface area (Å²) in [6.07, 6.45) is 0. The molecular weight excluding hydrogens is 200 g/mol. The first-order valence-corrected chi connectivity index (χ1v) is 5.55. The molecule has 3 nitrogen and oxygen atoms in total. The van der Waals surface area contributed by atoms with Gasteiger partial charge in [-0.25, -0.2) is 10.4 Å². The van der Waals surface area contributed by atoms with Gasteiger partial charge in [0.1, 0.15) is 0 Å². The summed E-state index contributed by atoms with van der Waals surface area (Å²) in [5.41, 5.74) is 4.33. The quantitative estimate of drug-likeness (QED) is 0.743. The number of hydrogen-bond donors (Lipinski definition) is 1. The predicted molar refractivity (Wildman–Crippen MR) is 63.7 cm³/mol. The standard InChI is InChI=1S/C13H16N2O/c1-2-5-13(6-3-1)7-4-8-14-15-9-11-16-12-10-15/h1-3,5-6,14H,8-12H2. The molecule has 1 heterocycles. The molecule has 0 atom stereocenters. The fourth-order valence-corrected chi connectivity index (χ4v) is 1.54. The number of morpholine rings is 1. The lowest BCUT2D eigenvalue weighted by Crippen LogP contribution is -2.45. The van der Waals surface area contributed by atoms with Crippen molar-refractivity contribution in [1.29, 1.82) is 0 Å². The Bertz CT molecular complexity index is 361. The molecule has 16 heavy (non-hydrogen) atoms. The molecule has 0 aliphatic carbocycles. The van der Waals surface area contributed by atoms with Crippen LogP contribution in [0.25, 0.3) is 0 Å². The highest BCUT2D eigenvalue weighted by Gasteiger charge is 2.07. The van der Waals surface area contributed by atoms with Crippen molar-refractivity contribution in [3.8, 4) is 11.8 Å². The summed E-state index contributed by atoms with van der Waals surface area (Å²) >= 11 is 0. The second-order valence-corrected chi connectivity index (χ2v) is 3.60. The molecule has 1 aromatic carbocycles. The number of hydrogen-bond acceptors (Lipinski definition) is 3. The van der Waals surface area contributed by atoms with Crippen molar-refractivity contribution in [2.24, 2.45) is 0 Å². The van der Waals surface area contributed by atoms with E-state index >= 15 is 0 Å². The first kappa shape index (κ1) is 11.2. The van der Waals surface area contributed by atoms with E-state index in [2.05, 4.69) is 22.3 Å². The van der Waals surface area contributed by atoms with Crippen LogP contribution in [0.2, 0.25) is 0 Å². The van der Waals surface area contributed by atoms with Crippen LogP contribution in [0.5, 0.6) is 0 Å². The SMILES string of the molecule is C(#Cc1ccccc1)CNN1CCOCC1. The van der Waals surface area contributed by atoms with Gasteiger partial charge in [-0.3, -0.25) is 0 Å². The first-order chi connectivity index (χ1) is 7.95. The summed E-state index contributed by atoms with van der Waals surface area (Å²) < 4.78 is 5.26. The van der Waals surface area contributed by atoms with Gasteiger partial charge in [-0.1, -0.05) is 30.0 Å². The molecule has 1 aromatic rings. The number of rotatable bonds is 2. The third kappa shape index (κ3) is 3.67. The van der Waals surface area contributed by atoms with E-state index in [0.29, 0.717) is 6.54 Å². The van der Waals surface area contributed by atoms with Crippen molar-refractivity contribution in [2.75, 3.05) is 32.8 Å². The lowest BCUT2D eigenvalue weighted by Gasteiger charge is -2.26. The third-order valence-corrected chi connectivity index (χ3v) is 2.41. The van der Waals surface area contributed by atoms with Gasteiger partial charge in [0, 0.05) is 18.7 Å². The zero-order valence-electron chi connectivity index (χ0n) is 9.28. The molecule has 0 bridgehead atoms. The zero-order valence-corrected chi connectivity index (χ0v) is 9.28. The topological polar surface area (TPSA) is 24.5 Å². The van der Waals surface area contributed by atoms with Crippen molar-refractivity contribution >= 4 is 0 Å². The van der Waals surface area contributed by atoms with Crippen LogP contribution in [0.1, 0.15) is 5.56 Å². The maximum absolute atomic E-state index is 5.26. The Labute approximate surface area is 96.4 Å². The molecule has 1 N–H and O–H groups in total. The Morgan fingerprint density at radius 3 is 2.69 bits per heavy atom. The molecule has 84 valence electrons. The number of nitrogens with one attached hydrogen (secondary N) is 1. The van der Waals surface area contributed by atoms with E-state index in [1.165, 1.54) is 0 Å². The molecular formula is C13H16N2O. The second-order valence-electron chi connectivity index (χ2n) is 3.60. The Kier molecular flexibility index (Phi) is 4.38. The highest BCUT2D eigenvalue weighted by atomic mass is 16.5. The van der Waals surface area contributed by atoms with Crippen LogP contribution in [0, 0.1) is 11.8 Å². The Balaban J connectivity index is 1.73. The van der Waals surface area contributed by atoms with E-state index in [1.807, 2.05) is 30.3 Å². The van der Waals surface area contributed by atoms with E-state index in [0.717, 1.165) is 31.9 Å². The van der Waals surface area contributed by atoms with Gasteiger partial charge in [-0.15, -0.1) is 0 Å². The summed E-state index contributed by atoms with van der Waals surface area (Å²) in [4.78, 5) is 0. The van der Waals surface area contributed by atoms with Crippen LogP contribution in [-0.4, -0.2) is 37.9 Å². The third-order valence-electron chi connectivity index (χ3n) is 2.41. The largest absolute Gasteiger partial charge is 0.379 e. The normalized spacial score (nSPS) is 16.5. The van der Waals surface area contributed by atoms with Gasteiger partial charge in [-0.2, -0.15) is 0 Å². The summed E-state index contributed by atoms with van der Waals surface area (Å²) in [5.74, 6) is 6.22. The van der Waals surface area contributed by atoms with E-state index < -0.39 is 0 Å². The van der Waals surface area contributed by atoms with Gasteiger partial charge >= 0.3 is 0 Å². The molecule has 0 amide bonds. The van der Waals surface area contributed by atoms with E-state index in [-0.39, 0.29) is 0 Å². The molecule has 1 aliphatic rings. The molecule has 0 aromatic heterocycles.